The maximum Gasteiger partial charge on any atom is 0.259 e. The molecule has 1 N–H and O–H groups in total. The zero-order chi connectivity index (χ0) is 10.6. The molecule has 3 aliphatic heterocycles. The van der Waals surface area contributed by atoms with Gasteiger partial charge in [-0.15, -0.1) is 0 Å². The van der Waals surface area contributed by atoms with E-state index >= 15 is 0 Å². The van der Waals surface area contributed by atoms with E-state index in [1.807, 2.05) is 9.34 Å². The Bertz CT molecular complexity index is 320. The van der Waals surface area contributed by atoms with Crippen molar-refractivity contribution in [2.75, 3.05) is 19.8 Å². The second-order valence-corrected chi connectivity index (χ2v) is 5.77. The summed E-state index contributed by atoms with van der Waals surface area (Å²) >= 11 is 0. The number of rotatable bonds is 1. The molecule has 2 saturated heterocycles. The molecule has 3 rings (SSSR count). The number of hydrogen-bond acceptors (Lipinski definition) is 5. The maximum atomic E-state index is 10.2. The van der Waals surface area contributed by atoms with E-state index in [0.717, 1.165) is 18.3 Å². The Morgan fingerprint density at radius 3 is 2.93 bits per heavy atom. The van der Waals surface area contributed by atoms with Crippen molar-refractivity contribution < 1.29 is 14.4 Å². The van der Waals surface area contributed by atoms with Crippen molar-refractivity contribution in [3.63, 3.8) is 0 Å². The summed E-state index contributed by atoms with van der Waals surface area (Å²) in [6, 6.07) is 0.276. The summed E-state index contributed by atoms with van der Waals surface area (Å²) in [5.41, 5.74) is 0. The lowest BCUT2D eigenvalue weighted by Crippen LogP contribution is -2.31. The molecule has 5 nitrogen and oxygen atoms in total. The highest BCUT2D eigenvalue weighted by molar-refractivity contribution is 7.47. The van der Waals surface area contributed by atoms with Gasteiger partial charge in [0.15, 0.2) is 0 Å². The highest BCUT2D eigenvalue weighted by Gasteiger charge is 2.51. The van der Waals surface area contributed by atoms with Gasteiger partial charge in [0.05, 0.1) is 12.6 Å². The molecule has 15 heavy (non-hydrogen) atoms. The molecule has 3 heterocycles. The van der Waals surface area contributed by atoms with Crippen molar-refractivity contribution in [2.45, 2.75) is 19.9 Å². The van der Waals surface area contributed by atoms with E-state index < -0.39 is 8.45 Å². The average Bonchev–Trinajstić information content (AvgIpc) is 2.84. The second-order valence-electron chi connectivity index (χ2n) is 4.32. The minimum atomic E-state index is -1.27. The van der Waals surface area contributed by atoms with Crippen LogP contribution in [0.5, 0.6) is 0 Å². The number of fused-ring (bicyclic) bond motifs is 2. The van der Waals surface area contributed by atoms with Gasteiger partial charge in [-0.3, -0.25) is 9.34 Å². The van der Waals surface area contributed by atoms with E-state index in [-0.39, 0.29) is 6.04 Å². The third kappa shape index (κ3) is 1.16. The van der Waals surface area contributed by atoms with Crippen molar-refractivity contribution in [3.8, 4) is 0 Å². The summed E-state index contributed by atoms with van der Waals surface area (Å²) in [7, 11) is -1.27. The molecular formula is C9H15N2O3P. The Kier molecular flexibility index (Phi) is 2.01. The third-order valence-electron chi connectivity index (χ3n) is 3.05. The van der Waals surface area contributed by atoms with Gasteiger partial charge in [-0.2, -0.15) is 0 Å². The number of hydrogen-bond donors (Lipinski definition) is 1. The Morgan fingerprint density at radius 2 is 2.20 bits per heavy atom. The Hall–Kier alpha value is -0.670. The lowest BCUT2D eigenvalue weighted by atomic mass is 10.1. The quantitative estimate of drug-likeness (QED) is 0.682. The molecule has 0 aromatic carbocycles. The van der Waals surface area contributed by atoms with Gasteiger partial charge in [0.1, 0.15) is 13.2 Å². The average molecular weight is 230 g/mol. The fraction of sp³-hybridized carbons (Fsp3) is 0.778. The number of ether oxygens (including phenoxy) is 2. The van der Waals surface area contributed by atoms with E-state index in [2.05, 4.69) is 13.8 Å². The monoisotopic (exact) mass is 230 g/mol. The minimum absolute atomic E-state index is 0.276. The molecule has 0 aromatic rings. The van der Waals surface area contributed by atoms with Crippen LogP contribution in [0, 0.1) is 5.92 Å². The first-order valence-electron chi connectivity index (χ1n) is 5.25. The van der Waals surface area contributed by atoms with Crippen LogP contribution in [0.4, 0.5) is 0 Å². The minimum Gasteiger partial charge on any atom is -0.473 e. The predicted molar refractivity (Wildman–Crippen MR) is 55.2 cm³/mol. The van der Waals surface area contributed by atoms with E-state index in [4.69, 9.17) is 9.47 Å². The summed E-state index contributed by atoms with van der Waals surface area (Å²) < 4.78 is 15.0. The van der Waals surface area contributed by atoms with Crippen molar-refractivity contribution in [1.82, 2.24) is 9.34 Å². The lowest BCUT2D eigenvalue weighted by Gasteiger charge is -2.28. The second kappa shape index (κ2) is 3.16. The molecule has 84 valence electrons. The molecule has 0 aromatic heterocycles. The lowest BCUT2D eigenvalue weighted by molar-refractivity contribution is 0.189. The predicted octanol–water partition coefficient (Wildman–Crippen LogP) is 1.03. The van der Waals surface area contributed by atoms with Gasteiger partial charge in [0, 0.05) is 0 Å². The largest absolute Gasteiger partial charge is 0.473 e. The zero-order valence-corrected chi connectivity index (χ0v) is 9.78. The SMILES string of the molecule is CC(C)C1COC2=C3OCCN3P(O)N21. The Balaban J connectivity index is 1.95. The van der Waals surface area contributed by atoms with Gasteiger partial charge < -0.3 is 14.4 Å². The number of nitrogens with zero attached hydrogens (tertiary/aromatic N) is 2. The fourth-order valence-corrected chi connectivity index (χ4v) is 3.87. The van der Waals surface area contributed by atoms with Crippen LogP contribution in [-0.2, 0) is 9.47 Å². The van der Waals surface area contributed by atoms with Gasteiger partial charge in [0.2, 0.25) is 0 Å². The molecular weight excluding hydrogens is 215 g/mol. The van der Waals surface area contributed by atoms with Crippen molar-refractivity contribution in [2.24, 2.45) is 5.92 Å². The zero-order valence-electron chi connectivity index (χ0n) is 8.88. The summed E-state index contributed by atoms with van der Waals surface area (Å²) in [6.07, 6.45) is 0. The Labute approximate surface area is 90.2 Å². The summed E-state index contributed by atoms with van der Waals surface area (Å²) in [4.78, 5) is 10.2. The molecule has 0 bridgehead atoms. The van der Waals surface area contributed by atoms with Crippen molar-refractivity contribution in [1.29, 1.82) is 0 Å². The first-order valence-corrected chi connectivity index (χ1v) is 6.45. The van der Waals surface area contributed by atoms with E-state index in [9.17, 15) is 4.89 Å². The molecule has 0 amide bonds. The summed E-state index contributed by atoms with van der Waals surface area (Å²) in [5.74, 6) is 1.96. The Morgan fingerprint density at radius 1 is 1.40 bits per heavy atom. The molecule has 6 heteroatoms. The van der Waals surface area contributed by atoms with Crippen molar-refractivity contribution >= 4 is 8.45 Å². The topological polar surface area (TPSA) is 45.2 Å². The first kappa shape index (κ1) is 9.55. The van der Waals surface area contributed by atoms with Crippen LogP contribution in [0.2, 0.25) is 0 Å². The van der Waals surface area contributed by atoms with Crippen LogP contribution in [-0.4, -0.2) is 40.0 Å². The highest BCUT2D eigenvalue weighted by Crippen LogP contribution is 2.58. The van der Waals surface area contributed by atoms with Crippen LogP contribution < -0.4 is 0 Å². The molecule has 0 radical (unpaired) electrons. The fourth-order valence-electron chi connectivity index (χ4n) is 2.16. The highest BCUT2D eigenvalue weighted by atomic mass is 31.2. The van der Waals surface area contributed by atoms with Crippen LogP contribution in [0.3, 0.4) is 0 Å². The van der Waals surface area contributed by atoms with Crippen molar-refractivity contribution in [3.05, 3.63) is 11.8 Å². The van der Waals surface area contributed by atoms with Gasteiger partial charge in [0.25, 0.3) is 20.2 Å². The molecule has 0 spiro atoms. The molecule has 3 aliphatic rings. The van der Waals surface area contributed by atoms with Gasteiger partial charge in [-0.1, -0.05) is 13.8 Å². The van der Waals surface area contributed by atoms with Gasteiger partial charge >= 0.3 is 0 Å². The van der Waals surface area contributed by atoms with E-state index in [1.165, 1.54) is 0 Å². The van der Waals surface area contributed by atoms with E-state index in [0.29, 0.717) is 19.1 Å². The molecule has 0 aliphatic carbocycles. The summed E-state index contributed by atoms with van der Waals surface area (Å²) in [6.45, 7) is 6.38. The third-order valence-corrected chi connectivity index (χ3v) is 4.73. The first-order chi connectivity index (χ1) is 7.20. The van der Waals surface area contributed by atoms with E-state index in [1.54, 1.807) is 0 Å². The molecule has 2 atom stereocenters. The van der Waals surface area contributed by atoms with Crippen LogP contribution in [0.25, 0.3) is 0 Å². The smallest absolute Gasteiger partial charge is 0.259 e. The normalized spacial score (nSPS) is 33.3. The molecule has 2 fully saturated rings. The van der Waals surface area contributed by atoms with Crippen LogP contribution >= 0.6 is 8.45 Å². The summed E-state index contributed by atoms with van der Waals surface area (Å²) in [5, 5.41) is 0. The molecule has 0 saturated carbocycles. The van der Waals surface area contributed by atoms with Gasteiger partial charge in [-0.25, -0.2) is 0 Å². The molecule has 2 unspecified atom stereocenters. The van der Waals surface area contributed by atoms with Crippen LogP contribution in [0.1, 0.15) is 13.8 Å². The van der Waals surface area contributed by atoms with Gasteiger partial charge in [-0.05, 0) is 5.92 Å². The van der Waals surface area contributed by atoms with Crippen LogP contribution in [0.15, 0.2) is 11.8 Å². The standard InChI is InChI=1S/C9H15N2O3P/c1-6(2)7-5-14-9-8-10(3-4-13-8)15(12)11(7)9/h6-7,12H,3-5H2,1-2H3. The maximum absolute atomic E-state index is 10.2.